The minimum absolute atomic E-state index is 0.174. The van der Waals surface area contributed by atoms with E-state index in [9.17, 15) is 4.79 Å². The molecule has 2 fully saturated rings. The van der Waals surface area contributed by atoms with E-state index in [-0.39, 0.29) is 12.0 Å². The number of ether oxygens (including phenoxy) is 1. The Kier molecular flexibility index (Phi) is 6.01. The van der Waals surface area contributed by atoms with Crippen LogP contribution in [0.1, 0.15) is 51.9 Å². The maximum atomic E-state index is 12.9. The SMILES string of the molecule is CN1CCc2c(cncc2CN2CC[C@H](Oc3ccc4c(c3)CN(C3CCCNC3)C4=O)C2)C1. The highest BCUT2D eigenvalue weighted by Crippen LogP contribution is 2.31. The van der Waals surface area contributed by atoms with Crippen molar-refractivity contribution in [3.05, 3.63) is 58.4 Å². The van der Waals surface area contributed by atoms with Gasteiger partial charge in [-0.2, -0.15) is 0 Å². The molecule has 6 rings (SSSR count). The molecule has 2 atom stereocenters. The average Bonchev–Trinajstić information content (AvgIpc) is 3.43. The van der Waals surface area contributed by atoms with Crippen LogP contribution in [-0.4, -0.2) is 77.5 Å². The summed E-state index contributed by atoms with van der Waals surface area (Å²) in [5.41, 5.74) is 6.20. The first kappa shape index (κ1) is 22.0. The van der Waals surface area contributed by atoms with Crippen LogP contribution in [0.5, 0.6) is 5.75 Å². The molecule has 4 aliphatic heterocycles. The lowest BCUT2D eigenvalue weighted by Gasteiger charge is -2.31. The summed E-state index contributed by atoms with van der Waals surface area (Å²) in [4.78, 5) is 24.4. The van der Waals surface area contributed by atoms with E-state index in [1.54, 1.807) is 0 Å². The number of benzene rings is 1. The van der Waals surface area contributed by atoms with E-state index in [1.807, 2.05) is 23.2 Å². The second-order valence-electron chi connectivity index (χ2n) is 10.4. The molecule has 1 N–H and O–H groups in total. The second-order valence-corrected chi connectivity index (χ2v) is 10.4. The number of hydrogen-bond donors (Lipinski definition) is 1. The summed E-state index contributed by atoms with van der Waals surface area (Å²) >= 11 is 0. The van der Waals surface area contributed by atoms with Crippen LogP contribution in [0.4, 0.5) is 0 Å². The minimum atomic E-state index is 0.174. The smallest absolute Gasteiger partial charge is 0.254 e. The molecule has 180 valence electrons. The Morgan fingerprint density at radius 3 is 2.97 bits per heavy atom. The maximum absolute atomic E-state index is 12.9. The molecule has 0 radical (unpaired) electrons. The van der Waals surface area contributed by atoms with Crippen molar-refractivity contribution >= 4 is 5.91 Å². The van der Waals surface area contributed by atoms with Gasteiger partial charge in [0.15, 0.2) is 0 Å². The summed E-state index contributed by atoms with van der Waals surface area (Å²) in [6.07, 6.45) is 8.65. The fourth-order valence-corrected chi connectivity index (χ4v) is 6.10. The number of carbonyl (C=O) groups is 1. The molecule has 0 aliphatic carbocycles. The minimum Gasteiger partial charge on any atom is -0.489 e. The van der Waals surface area contributed by atoms with Crippen molar-refractivity contribution in [3.8, 4) is 5.75 Å². The van der Waals surface area contributed by atoms with Crippen LogP contribution in [-0.2, 0) is 26.1 Å². The number of hydrogen-bond acceptors (Lipinski definition) is 6. The lowest BCUT2D eigenvalue weighted by molar-refractivity contribution is 0.0674. The number of likely N-dealkylation sites (tertiary alicyclic amines) is 1. The quantitative estimate of drug-likeness (QED) is 0.738. The van der Waals surface area contributed by atoms with Crippen LogP contribution in [0, 0.1) is 0 Å². The van der Waals surface area contributed by atoms with E-state index in [2.05, 4.69) is 39.4 Å². The molecule has 34 heavy (non-hydrogen) atoms. The highest BCUT2D eigenvalue weighted by Gasteiger charge is 2.34. The van der Waals surface area contributed by atoms with Crippen LogP contribution < -0.4 is 10.1 Å². The molecule has 5 heterocycles. The molecule has 7 nitrogen and oxygen atoms in total. The van der Waals surface area contributed by atoms with Crippen molar-refractivity contribution in [2.24, 2.45) is 0 Å². The molecule has 4 aliphatic rings. The first-order valence-corrected chi connectivity index (χ1v) is 12.8. The van der Waals surface area contributed by atoms with Gasteiger partial charge in [-0.3, -0.25) is 14.7 Å². The summed E-state index contributed by atoms with van der Waals surface area (Å²) < 4.78 is 6.41. The molecule has 0 spiro atoms. The van der Waals surface area contributed by atoms with E-state index in [0.717, 1.165) is 88.4 Å². The fraction of sp³-hybridized carbons (Fsp3) is 0.556. The van der Waals surface area contributed by atoms with Crippen LogP contribution in [0.2, 0.25) is 0 Å². The monoisotopic (exact) mass is 461 g/mol. The first-order chi connectivity index (χ1) is 16.6. The first-order valence-electron chi connectivity index (χ1n) is 12.8. The number of likely N-dealkylation sites (N-methyl/N-ethyl adjacent to an activating group) is 1. The molecule has 0 saturated carbocycles. The Morgan fingerprint density at radius 2 is 2.09 bits per heavy atom. The Balaban J connectivity index is 1.08. The zero-order valence-corrected chi connectivity index (χ0v) is 20.1. The number of pyridine rings is 1. The Morgan fingerprint density at radius 1 is 1.15 bits per heavy atom. The predicted molar refractivity (Wildman–Crippen MR) is 131 cm³/mol. The molecule has 0 bridgehead atoms. The zero-order chi connectivity index (χ0) is 23.1. The number of nitrogens with zero attached hydrogens (tertiary/aromatic N) is 4. The van der Waals surface area contributed by atoms with Gasteiger partial charge in [-0.15, -0.1) is 0 Å². The Hall–Kier alpha value is -2.48. The third-order valence-electron chi connectivity index (χ3n) is 7.97. The van der Waals surface area contributed by atoms with Gasteiger partial charge in [-0.25, -0.2) is 0 Å². The van der Waals surface area contributed by atoms with Crippen molar-refractivity contribution in [3.63, 3.8) is 0 Å². The summed E-state index contributed by atoms with van der Waals surface area (Å²) in [6, 6.07) is 6.35. The van der Waals surface area contributed by atoms with E-state index in [4.69, 9.17) is 4.74 Å². The number of amides is 1. The van der Waals surface area contributed by atoms with Gasteiger partial charge < -0.3 is 19.9 Å². The van der Waals surface area contributed by atoms with Crippen molar-refractivity contribution < 1.29 is 9.53 Å². The van der Waals surface area contributed by atoms with Crippen molar-refractivity contribution in [2.45, 2.75) is 57.5 Å². The number of piperidine rings is 1. The van der Waals surface area contributed by atoms with Gasteiger partial charge in [0.05, 0.1) is 0 Å². The van der Waals surface area contributed by atoms with Crippen LogP contribution in [0.3, 0.4) is 0 Å². The van der Waals surface area contributed by atoms with Gasteiger partial charge in [0.2, 0.25) is 0 Å². The normalized spacial score (nSPS) is 25.4. The molecule has 7 heteroatoms. The second kappa shape index (κ2) is 9.29. The van der Waals surface area contributed by atoms with Crippen LogP contribution in [0.15, 0.2) is 30.6 Å². The molecule has 1 aromatic heterocycles. The van der Waals surface area contributed by atoms with Gasteiger partial charge in [0.1, 0.15) is 11.9 Å². The number of nitrogens with one attached hydrogen (secondary N) is 1. The van der Waals surface area contributed by atoms with Gasteiger partial charge in [0, 0.05) is 69.8 Å². The van der Waals surface area contributed by atoms with E-state index >= 15 is 0 Å². The van der Waals surface area contributed by atoms with Gasteiger partial charge in [-0.1, -0.05) is 0 Å². The van der Waals surface area contributed by atoms with Gasteiger partial charge in [0.25, 0.3) is 5.91 Å². The maximum Gasteiger partial charge on any atom is 0.254 e. The molecule has 1 unspecified atom stereocenters. The van der Waals surface area contributed by atoms with Crippen molar-refractivity contribution in [2.75, 3.05) is 39.8 Å². The Bertz CT molecular complexity index is 1070. The standard InChI is InChI=1S/C27H35N5O2/c1-30-9-7-25-20(15-30)12-29-13-21(25)16-31-10-6-24(18-31)34-23-4-5-26-19(11-23)17-32(27(26)33)22-3-2-8-28-14-22/h4-5,11-13,22,24,28H,2-3,6-10,14-18H2,1H3/t22?,24-/m0/s1. The van der Waals surface area contributed by atoms with E-state index < -0.39 is 0 Å². The van der Waals surface area contributed by atoms with E-state index in [1.165, 1.54) is 16.7 Å². The highest BCUT2D eigenvalue weighted by atomic mass is 16.5. The van der Waals surface area contributed by atoms with Gasteiger partial charge >= 0.3 is 0 Å². The molecular formula is C27H35N5O2. The van der Waals surface area contributed by atoms with E-state index in [0.29, 0.717) is 12.6 Å². The molecule has 1 aromatic carbocycles. The number of aromatic nitrogens is 1. The summed E-state index contributed by atoms with van der Waals surface area (Å²) in [5, 5.41) is 3.43. The predicted octanol–water partition coefficient (Wildman–Crippen LogP) is 2.43. The summed E-state index contributed by atoms with van der Waals surface area (Å²) in [7, 11) is 2.18. The molecule has 2 aromatic rings. The Labute approximate surface area is 202 Å². The number of fused-ring (bicyclic) bond motifs is 2. The molecular weight excluding hydrogens is 426 g/mol. The zero-order valence-electron chi connectivity index (χ0n) is 20.1. The summed E-state index contributed by atoms with van der Waals surface area (Å²) in [6.45, 7) is 7.70. The lowest BCUT2D eigenvalue weighted by atomic mass is 9.97. The third kappa shape index (κ3) is 4.32. The molecule has 2 saturated heterocycles. The lowest BCUT2D eigenvalue weighted by Crippen LogP contribution is -2.46. The third-order valence-corrected chi connectivity index (χ3v) is 7.97. The topological polar surface area (TPSA) is 60.9 Å². The molecule has 1 amide bonds. The fourth-order valence-electron chi connectivity index (χ4n) is 6.10. The van der Waals surface area contributed by atoms with Crippen molar-refractivity contribution in [1.29, 1.82) is 0 Å². The number of carbonyl (C=O) groups excluding carboxylic acids is 1. The summed E-state index contributed by atoms with van der Waals surface area (Å²) in [5.74, 6) is 1.07. The van der Waals surface area contributed by atoms with Crippen LogP contribution in [0.25, 0.3) is 0 Å². The van der Waals surface area contributed by atoms with Gasteiger partial charge in [-0.05, 0) is 79.7 Å². The average molecular weight is 462 g/mol. The van der Waals surface area contributed by atoms with Crippen LogP contribution >= 0.6 is 0 Å². The highest BCUT2D eigenvalue weighted by molar-refractivity contribution is 5.98. The number of rotatable bonds is 5. The van der Waals surface area contributed by atoms with Crippen molar-refractivity contribution in [1.82, 2.24) is 25.0 Å². The largest absolute Gasteiger partial charge is 0.489 e.